The number of aromatic nitrogens is 4. The zero-order valence-electron chi connectivity index (χ0n) is 16.4. The average molecular weight is 394 g/mol. The van der Waals surface area contributed by atoms with E-state index in [9.17, 15) is 9.18 Å². The molecule has 2 aromatic heterocycles. The van der Waals surface area contributed by atoms with Crippen molar-refractivity contribution in [2.24, 2.45) is 0 Å². The first kappa shape index (κ1) is 19.0. The Morgan fingerprint density at radius 3 is 2.55 bits per heavy atom. The van der Waals surface area contributed by atoms with Gasteiger partial charge in [0.25, 0.3) is 0 Å². The maximum atomic E-state index is 13.1. The molecule has 8 heteroatoms. The third kappa shape index (κ3) is 3.96. The molecule has 1 amide bonds. The highest BCUT2D eigenvalue weighted by atomic mass is 19.1. The van der Waals surface area contributed by atoms with Gasteiger partial charge in [0, 0.05) is 24.8 Å². The van der Waals surface area contributed by atoms with Gasteiger partial charge < -0.3 is 10.6 Å². The van der Waals surface area contributed by atoms with Crippen molar-refractivity contribution in [1.82, 2.24) is 25.1 Å². The molecule has 0 spiro atoms. The number of hydrogen-bond donors (Lipinski definition) is 2. The van der Waals surface area contributed by atoms with Crippen LogP contribution >= 0.6 is 0 Å². The second kappa shape index (κ2) is 7.62. The minimum absolute atomic E-state index is 0.0167. The summed E-state index contributed by atoms with van der Waals surface area (Å²) >= 11 is 0. The molecule has 0 saturated heterocycles. The molecule has 1 aliphatic rings. The Kier molecular flexibility index (Phi) is 5.00. The number of anilines is 1. The van der Waals surface area contributed by atoms with E-state index in [1.165, 1.54) is 18.5 Å². The molecule has 7 nitrogen and oxygen atoms in total. The zero-order chi connectivity index (χ0) is 20.4. The van der Waals surface area contributed by atoms with E-state index < -0.39 is 5.41 Å². The van der Waals surface area contributed by atoms with Crippen LogP contribution in [0.15, 0.2) is 42.7 Å². The summed E-state index contributed by atoms with van der Waals surface area (Å²) in [6, 6.07) is 10.0. The molecule has 1 saturated carbocycles. The van der Waals surface area contributed by atoms with Crippen LogP contribution in [-0.4, -0.2) is 38.7 Å². The molecule has 0 unspecified atom stereocenters. The molecule has 0 bridgehead atoms. The van der Waals surface area contributed by atoms with Crippen LogP contribution in [0.2, 0.25) is 0 Å². The zero-order valence-corrected chi connectivity index (χ0v) is 16.4. The minimum Gasteiger partial charge on any atom is -0.368 e. The van der Waals surface area contributed by atoms with Crippen molar-refractivity contribution < 1.29 is 9.18 Å². The second-order valence-electron chi connectivity index (χ2n) is 7.37. The van der Waals surface area contributed by atoms with Gasteiger partial charge in [-0.05, 0) is 50.5 Å². The van der Waals surface area contributed by atoms with Crippen LogP contribution in [0.25, 0.3) is 5.82 Å². The van der Waals surface area contributed by atoms with Crippen molar-refractivity contribution in [3.63, 3.8) is 0 Å². The molecule has 0 radical (unpaired) electrons. The standard InChI is InChI=1S/C21H23FN6O/c1-14-11-15(2)28(27-14)19-12-18(25-13-26-19)23-9-10-24-20(29)21(7-8-21)16-3-5-17(22)6-4-16/h3-6,11-13H,7-10H2,1-2H3,(H,24,29)(H,23,25,26). The first-order valence-electron chi connectivity index (χ1n) is 9.62. The number of amides is 1. The Morgan fingerprint density at radius 1 is 1.14 bits per heavy atom. The van der Waals surface area contributed by atoms with Gasteiger partial charge in [-0.15, -0.1) is 0 Å². The Bertz CT molecular complexity index is 1030. The predicted molar refractivity (Wildman–Crippen MR) is 107 cm³/mol. The molecule has 29 heavy (non-hydrogen) atoms. The van der Waals surface area contributed by atoms with Crippen molar-refractivity contribution in [1.29, 1.82) is 0 Å². The molecule has 150 valence electrons. The molecule has 1 fully saturated rings. The molecular formula is C21H23FN6O. The largest absolute Gasteiger partial charge is 0.368 e. The number of carbonyl (C=O) groups is 1. The molecule has 3 aromatic rings. The smallest absolute Gasteiger partial charge is 0.230 e. The maximum absolute atomic E-state index is 13.1. The summed E-state index contributed by atoms with van der Waals surface area (Å²) in [6.45, 7) is 4.89. The normalized spacial score (nSPS) is 14.4. The maximum Gasteiger partial charge on any atom is 0.230 e. The van der Waals surface area contributed by atoms with E-state index in [1.807, 2.05) is 26.0 Å². The molecule has 4 rings (SSSR count). The SMILES string of the molecule is Cc1cc(C)n(-c2cc(NCCNC(=O)C3(c4ccc(F)cc4)CC3)ncn2)n1. The average Bonchev–Trinajstić information content (AvgIpc) is 3.45. The van der Waals surface area contributed by atoms with Crippen molar-refractivity contribution >= 4 is 11.7 Å². The Hall–Kier alpha value is -3.29. The highest BCUT2D eigenvalue weighted by Gasteiger charge is 2.50. The fourth-order valence-electron chi connectivity index (χ4n) is 3.50. The molecule has 0 aliphatic heterocycles. The summed E-state index contributed by atoms with van der Waals surface area (Å²) in [5.41, 5.74) is 2.28. The number of hydrogen-bond acceptors (Lipinski definition) is 5. The van der Waals surface area contributed by atoms with Gasteiger partial charge in [0.15, 0.2) is 5.82 Å². The number of halogens is 1. The number of nitrogens with one attached hydrogen (secondary N) is 2. The predicted octanol–water partition coefficient (Wildman–Crippen LogP) is 2.68. The first-order chi connectivity index (χ1) is 14.0. The number of aryl methyl sites for hydroxylation is 2. The highest BCUT2D eigenvalue weighted by Crippen LogP contribution is 2.48. The number of benzene rings is 1. The van der Waals surface area contributed by atoms with Crippen molar-refractivity contribution in [2.45, 2.75) is 32.1 Å². The minimum atomic E-state index is -0.509. The van der Waals surface area contributed by atoms with Gasteiger partial charge >= 0.3 is 0 Å². The van der Waals surface area contributed by atoms with Gasteiger partial charge in [-0.25, -0.2) is 19.0 Å². The lowest BCUT2D eigenvalue weighted by molar-refractivity contribution is -0.123. The van der Waals surface area contributed by atoms with Gasteiger partial charge in [-0.3, -0.25) is 4.79 Å². The lowest BCUT2D eigenvalue weighted by Crippen LogP contribution is -2.37. The second-order valence-corrected chi connectivity index (χ2v) is 7.37. The van der Waals surface area contributed by atoms with Crippen LogP contribution in [-0.2, 0) is 10.2 Å². The van der Waals surface area contributed by atoms with Crippen molar-refractivity contribution in [2.75, 3.05) is 18.4 Å². The Labute approximate surface area is 168 Å². The van der Waals surface area contributed by atoms with E-state index in [-0.39, 0.29) is 11.7 Å². The van der Waals surface area contributed by atoms with Gasteiger partial charge in [0.05, 0.1) is 11.1 Å². The third-order valence-electron chi connectivity index (χ3n) is 5.18. The van der Waals surface area contributed by atoms with Gasteiger partial charge in [0.2, 0.25) is 5.91 Å². The summed E-state index contributed by atoms with van der Waals surface area (Å²) in [5.74, 6) is 1.04. The van der Waals surface area contributed by atoms with E-state index in [4.69, 9.17) is 0 Å². The van der Waals surface area contributed by atoms with E-state index in [0.29, 0.717) is 24.7 Å². The summed E-state index contributed by atoms with van der Waals surface area (Å²) < 4.78 is 14.9. The van der Waals surface area contributed by atoms with E-state index in [1.54, 1.807) is 16.8 Å². The summed E-state index contributed by atoms with van der Waals surface area (Å²) in [4.78, 5) is 21.1. The summed E-state index contributed by atoms with van der Waals surface area (Å²) in [7, 11) is 0. The lowest BCUT2D eigenvalue weighted by Gasteiger charge is -2.16. The van der Waals surface area contributed by atoms with E-state index >= 15 is 0 Å². The van der Waals surface area contributed by atoms with Crippen molar-refractivity contribution in [3.05, 3.63) is 65.5 Å². The molecule has 2 heterocycles. The van der Waals surface area contributed by atoms with E-state index in [2.05, 4.69) is 25.7 Å². The Morgan fingerprint density at radius 2 is 1.90 bits per heavy atom. The third-order valence-corrected chi connectivity index (χ3v) is 5.18. The monoisotopic (exact) mass is 394 g/mol. The summed E-state index contributed by atoms with van der Waals surface area (Å²) in [6.07, 6.45) is 3.06. The van der Waals surface area contributed by atoms with Crippen molar-refractivity contribution in [3.8, 4) is 5.82 Å². The van der Waals surface area contributed by atoms with Crippen LogP contribution in [0, 0.1) is 19.7 Å². The summed E-state index contributed by atoms with van der Waals surface area (Å²) in [5, 5.41) is 10.6. The fraction of sp³-hybridized carbons (Fsp3) is 0.333. The van der Waals surface area contributed by atoms with Gasteiger partial charge in [0.1, 0.15) is 18.0 Å². The van der Waals surface area contributed by atoms with Crippen LogP contribution in [0.3, 0.4) is 0 Å². The van der Waals surface area contributed by atoms with Crippen LogP contribution < -0.4 is 10.6 Å². The van der Waals surface area contributed by atoms with Crippen LogP contribution in [0.5, 0.6) is 0 Å². The number of rotatable bonds is 7. The molecule has 2 N–H and O–H groups in total. The molecular weight excluding hydrogens is 371 g/mol. The number of nitrogens with zero attached hydrogens (tertiary/aromatic N) is 4. The molecule has 1 aromatic carbocycles. The first-order valence-corrected chi connectivity index (χ1v) is 9.62. The lowest BCUT2D eigenvalue weighted by atomic mass is 9.95. The van der Waals surface area contributed by atoms with Crippen LogP contribution in [0.1, 0.15) is 29.8 Å². The van der Waals surface area contributed by atoms with E-state index in [0.717, 1.165) is 29.8 Å². The number of carbonyl (C=O) groups excluding carboxylic acids is 1. The quantitative estimate of drug-likeness (QED) is 0.602. The van der Waals surface area contributed by atoms with Crippen LogP contribution in [0.4, 0.5) is 10.2 Å². The highest BCUT2D eigenvalue weighted by molar-refractivity contribution is 5.91. The van der Waals surface area contributed by atoms with Gasteiger partial charge in [-0.2, -0.15) is 5.10 Å². The topological polar surface area (TPSA) is 84.7 Å². The van der Waals surface area contributed by atoms with Gasteiger partial charge in [-0.1, -0.05) is 12.1 Å². The molecule has 0 atom stereocenters. The fourth-order valence-corrected chi connectivity index (χ4v) is 3.50. The Balaban J connectivity index is 1.32. The molecule has 1 aliphatic carbocycles.